The zero-order valence-electron chi connectivity index (χ0n) is 18.2. The molecule has 0 saturated carbocycles. The number of nitrogens with zero attached hydrogens (tertiary/aromatic N) is 4. The second-order valence-corrected chi connectivity index (χ2v) is 8.12. The van der Waals surface area contributed by atoms with Crippen LogP contribution in [0, 0.1) is 0 Å². The summed E-state index contributed by atoms with van der Waals surface area (Å²) in [6.45, 7) is 3.78. The summed E-state index contributed by atoms with van der Waals surface area (Å²) in [5.74, 6) is -0.0827. The molecule has 0 unspecified atom stereocenters. The molecular weight excluding hydrogens is 396 g/mol. The maximum atomic E-state index is 12.6. The Kier molecular flexibility index (Phi) is 6.67. The van der Waals surface area contributed by atoms with Gasteiger partial charge in [-0.2, -0.15) is 0 Å². The summed E-state index contributed by atoms with van der Waals surface area (Å²) in [4.78, 5) is 26.6. The van der Waals surface area contributed by atoms with Gasteiger partial charge in [0.25, 0.3) is 5.91 Å². The number of ether oxygens (including phenoxy) is 1. The van der Waals surface area contributed by atoms with Crippen LogP contribution >= 0.6 is 0 Å². The standard InChI is InChI=1S/C22H28N6O3/c1-22(2,23)21(30)24-17(14-31-13-15-9-6-5-7-10-15)19-26-25-18-16(20(29)27(3)4)11-8-12-28(18)19/h5-12,17H,13-14,23H2,1-4H3,(H,24,30)/t17-/m1/s1. The number of hydrogen-bond acceptors (Lipinski definition) is 6. The van der Waals surface area contributed by atoms with Crippen molar-refractivity contribution in [2.45, 2.75) is 32.0 Å². The molecule has 3 rings (SSSR count). The molecule has 0 radical (unpaired) electrons. The summed E-state index contributed by atoms with van der Waals surface area (Å²) in [5, 5.41) is 11.4. The van der Waals surface area contributed by atoms with E-state index in [2.05, 4.69) is 15.5 Å². The van der Waals surface area contributed by atoms with Crippen LogP contribution in [0.3, 0.4) is 0 Å². The highest BCUT2D eigenvalue weighted by Crippen LogP contribution is 2.18. The Bertz CT molecular complexity index is 1060. The van der Waals surface area contributed by atoms with Crippen molar-refractivity contribution in [3.8, 4) is 0 Å². The Labute approximate surface area is 181 Å². The van der Waals surface area contributed by atoms with Gasteiger partial charge in [0, 0.05) is 20.3 Å². The highest BCUT2D eigenvalue weighted by Gasteiger charge is 2.28. The normalized spacial score (nSPS) is 12.5. The molecule has 0 spiro atoms. The first-order valence-corrected chi connectivity index (χ1v) is 9.95. The third-order valence-electron chi connectivity index (χ3n) is 4.70. The Morgan fingerprint density at radius 1 is 1.16 bits per heavy atom. The van der Waals surface area contributed by atoms with E-state index in [-0.39, 0.29) is 18.4 Å². The van der Waals surface area contributed by atoms with E-state index in [0.717, 1.165) is 5.56 Å². The van der Waals surface area contributed by atoms with Gasteiger partial charge in [0.1, 0.15) is 6.04 Å². The minimum atomic E-state index is -1.08. The topological polar surface area (TPSA) is 115 Å². The van der Waals surface area contributed by atoms with Gasteiger partial charge in [-0.05, 0) is 31.5 Å². The maximum Gasteiger partial charge on any atom is 0.257 e. The van der Waals surface area contributed by atoms with E-state index >= 15 is 0 Å². The minimum Gasteiger partial charge on any atom is -0.374 e. The largest absolute Gasteiger partial charge is 0.374 e. The molecule has 1 atom stereocenters. The number of carbonyl (C=O) groups excluding carboxylic acids is 2. The van der Waals surface area contributed by atoms with E-state index in [4.69, 9.17) is 10.5 Å². The van der Waals surface area contributed by atoms with Crippen molar-refractivity contribution in [2.24, 2.45) is 5.73 Å². The fourth-order valence-electron chi connectivity index (χ4n) is 2.97. The summed E-state index contributed by atoms with van der Waals surface area (Å²) in [6, 6.07) is 12.5. The fraction of sp³-hybridized carbons (Fsp3) is 0.364. The molecule has 2 aromatic heterocycles. The fourth-order valence-corrected chi connectivity index (χ4v) is 2.97. The van der Waals surface area contributed by atoms with Gasteiger partial charge in [0.2, 0.25) is 5.91 Å². The average Bonchev–Trinajstić information content (AvgIpc) is 3.16. The Hall–Kier alpha value is -3.30. The van der Waals surface area contributed by atoms with Crippen LogP contribution in [0.1, 0.15) is 41.6 Å². The van der Waals surface area contributed by atoms with Crippen molar-refractivity contribution in [2.75, 3.05) is 20.7 Å². The van der Waals surface area contributed by atoms with Gasteiger partial charge in [-0.25, -0.2) is 0 Å². The smallest absolute Gasteiger partial charge is 0.257 e. The molecule has 0 saturated heterocycles. The number of amides is 2. The quantitative estimate of drug-likeness (QED) is 0.567. The molecule has 3 N–H and O–H groups in total. The van der Waals surface area contributed by atoms with Gasteiger partial charge in [0.15, 0.2) is 11.5 Å². The first-order chi connectivity index (χ1) is 14.7. The SMILES string of the molecule is CN(C)C(=O)c1cccn2c([C@@H](COCc3ccccc3)NC(=O)C(C)(C)N)nnc12. The lowest BCUT2D eigenvalue weighted by molar-refractivity contribution is -0.126. The molecule has 31 heavy (non-hydrogen) atoms. The van der Waals surface area contributed by atoms with Crippen LogP contribution in [0.2, 0.25) is 0 Å². The van der Waals surface area contributed by atoms with Crippen LogP contribution in [0.15, 0.2) is 48.7 Å². The third-order valence-corrected chi connectivity index (χ3v) is 4.70. The van der Waals surface area contributed by atoms with Crippen molar-refractivity contribution in [3.05, 3.63) is 65.6 Å². The van der Waals surface area contributed by atoms with Gasteiger partial charge < -0.3 is 20.7 Å². The van der Waals surface area contributed by atoms with Gasteiger partial charge in [-0.3, -0.25) is 14.0 Å². The molecule has 0 aliphatic carbocycles. The molecule has 3 aromatic rings. The molecule has 1 aromatic carbocycles. The van der Waals surface area contributed by atoms with E-state index in [1.54, 1.807) is 50.7 Å². The van der Waals surface area contributed by atoms with E-state index < -0.39 is 11.6 Å². The maximum absolute atomic E-state index is 12.6. The number of benzene rings is 1. The van der Waals surface area contributed by atoms with Gasteiger partial charge in [0.05, 0.1) is 24.3 Å². The zero-order valence-corrected chi connectivity index (χ0v) is 18.2. The number of rotatable bonds is 8. The number of hydrogen-bond donors (Lipinski definition) is 2. The average molecular weight is 425 g/mol. The van der Waals surface area contributed by atoms with Crippen LogP contribution in [-0.2, 0) is 16.1 Å². The molecule has 0 aliphatic heterocycles. The lowest BCUT2D eigenvalue weighted by atomic mass is 10.1. The molecule has 0 bridgehead atoms. The van der Waals surface area contributed by atoms with Crippen molar-refractivity contribution >= 4 is 17.5 Å². The summed E-state index contributed by atoms with van der Waals surface area (Å²) < 4.78 is 7.56. The Morgan fingerprint density at radius 3 is 2.52 bits per heavy atom. The molecule has 9 nitrogen and oxygen atoms in total. The highest BCUT2D eigenvalue weighted by molar-refractivity contribution is 5.99. The van der Waals surface area contributed by atoms with E-state index in [9.17, 15) is 9.59 Å². The van der Waals surface area contributed by atoms with Crippen LogP contribution in [0.25, 0.3) is 5.65 Å². The summed E-state index contributed by atoms with van der Waals surface area (Å²) in [6.07, 6.45) is 1.75. The van der Waals surface area contributed by atoms with Crippen molar-refractivity contribution in [3.63, 3.8) is 0 Å². The number of nitrogens with one attached hydrogen (secondary N) is 1. The predicted molar refractivity (Wildman–Crippen MR) is 116 cm³/mol. The second kappa shape index (κ2) is 9.23. The summed E-state index contributed by atoms with van der Waals surface area (Å²) in [7, 11) is 3.35. The van der Waals surface area contributed by atoms with E-state index in [1.807, 2.05) is 30.3 Å². The van der Waals surface area contributed by atoms with E-state index in [1.165, 1.54) is 4.90 Å². The Balaban J connectivity index is 1.90. The third kappa shape index (κ3) is 5.25. The first kappa shape index (κ1) is 22.4. The van der Waals surface area contributed by atoms with Crippen LogP contribution in [0.4, 0.5) is 0 Å². The lowest BCUT2D eigenvalue weighted by Crippen LogP contribution is -2.50. The number of aromatic nitrogens is 3. The molecule has 164 valence electrons. The summed E-state index contributed by atoms with van der Waals surface area (Å²) >= 11 is 0. The molecule has 9 heteroatoms. The van der Waals surface area contributed by atoms with Gasteiger partial charge in [-0.1, -0.05) is 30.3 Å². The Morgan fingerprint density at radius 2 is 1.87 bits per heavy atom. The number of carbonyl (C=O) groups is 2. The molecule has 0 fully saturated rings. The van der Waals surface area contributed by atoms with Crippen molar-refractivity contribution < 1.29 is 14.3 Å². The molecule has 2 amide bonds. The van der Waals surface area contributed by atoms with Crippen molar-refractivity contribution in [1.29, 1.82) is 0 Å². The van der Waals surface area contributed by atoms with E-state index in [0.29, 0.717) is 23.6 Å². The molecule has 0 aliphatic rings. The minimum absolute atomic E-state index is 0.156. The van der Waals surface area contributed by atoms with Gasteiger partial charge in [-0.15, -0.1) is 10.2 Å². The predicted octanol–water partition coefficient (Wildman–Crippen LogP) is 1.54. The first-order valence-electron chi connectivity index (χ1n) is 9.95. The van der Waals surface area contributed by atoms with Crippen LogP contribution in [-0.4, -0.2) is 57.6 Å². The second-order valence-electron chi connectivity index (χ2n) is 8.12. The monoisotopic (exact) mass is 424 g/mol. The molecule has 2 heterocycles. The number of pyridine rings is 1. The van der Waals surface area contributed by atoms with Crippen LogP contribution < -0.4 is 11.1 Å². The number of fused-ring (bicyclic) bond motifs is 1. The summed E-state index contributed by atoms with van der Waals surface area (Å²) in [5.41, 5.74) is 6.72. The van der Waals surface area contributed by atoms with Crippen molar-refractivity contribution in [1.82, 2.24) is 24.8 Å². The number of nitrogens with two attached hydrogens (primary N) is 1. The molecular formula is C22H28N6O3. The highest BCUT2D eigenvalue weighted by atomic mass is 16.5. The van der Waals surface area contributed by atoms with Crippen LogP contribution in [0.5, 0.6) is 0 Å². The zero-order chi connectivity index (χ0) is 22.6. The van der Waals surface area contributed by atoms with Gasteiger partial charge >= 0.3 is 0 Å². The lowest BCUT2D eigenvalue weighted by Gasteiger charge is -2.23.